The Labute approximate surface area is 129 Å². The molecule has 0 aromatic carbocycles. The number of anilines is 1. The van der Waals surface area contributed by atoms with Crippen LogP contribution in [-0.4, -0.2) is 29.1 Å². The van der Waals surface area contributed by atoms with E-state index in [0.29, 0.717) is 12.0 Å². The highest BCUT2D eigenvalue weighted by molar-refractivity contribution is 5.50. The topological polar surface area (TPSA) is 41.1 Å². The standard InChI is InChI=1S/C17H30N4/c1-6-18-10-15-16(11-19-17(20-15)12(2)3)21-8-7-13(4)9-14(21)5/h11-14,18H,6-10H2,1-5H3. The molecule has 0 bridgehead atoms. The van der Waals surface area contributed by atoms with E-state index in [-0.39, 0.29) is 0 Å². The van der Waals surface area contributed by atoms with Gasteiger partial charge in [-0.1, -0.05) is 27.7 Å². The molecule has 0 radical (unpaired) electrons. The van der Waals surface area contributed by atoms with Gasteiger partial charge in [0.1, 0.15) is 5.82 Å². The zero-order valence-electron chi connectivity index (χ0n) is 14.2. The summed E-state index contributed by atoms with van der Waals surface area (Å²) in [7, 11) is 0. The molecule has 2 atom stereocenters. The molecule has 2 heterocycles. The van der Waals surface area contributed by atoms with Crippen LogP contribution in [0.25, 0.3) is 0 Å². The molecule has 4 heteroatoms. The van der Waals surface area contributed by atoms with Gasteiger partial charge in [0.15, 0.2) is 0 Å². The number of rotatable bonds is 5. The monoisotopic (exact) mass is 290 g/mol. The Hall–Kier alpha value is -1.16. The lowest BCUT2D eigenvalue weighted by atomic mass is 9.93. The van der Waals surface area contributed by atoms with Crippen LogP contribution in [0.15, 0.2) is 6.20 Å². The minimum Gasteiger partial charge on any atom is -0.366 e. The normalized spacial score (nSPS) is 22.9. The number of piperidine rings is 1. The van der Waals surface area contributed by atoms with Gasteiger partial charge >= 0.3 is 0 Å². The first kappa shape index (κ1) is 16.2. The van der Waals surface area contributed by atoms with Crippen LogP contribution in [0.2, 0.25) is 0 Å². The Morgan fingerprint density at radius 2 is 2.14 bits per heavy atom. The molecule has 1 saturated heterocycles. The van der Waals surface area contributed by atoms with Gasteiger partial charge in [0.05, 0.1) is 17.6 Å². The summed E-state index contributed by atoms with van der Waals surface area (Å²) in [6.45, 7) is 14.0. The Kier molecular flexibility index (Phi) is 5.57. The summed E-state index contributed by atoms with van der Waals surface area (Å²) in [5.41, 5.74) is 2.37. The second-order valence-electron chi connectivity index (χ2n) is 6.67. The predicted molar refractivity (Wildman–Crippen MR) is 88.7 cm³/mol. The fourth-order valence-electron chi connectivity index (χ4n) is 3.08. The maximum atomic E-state index is 4.82. The van der Waals surface area contributed by atoms with Crippen LogP contribution >= 0.6 is 0 Å². The Morgan fingerprint density at radius 1 is 1.38 bits per heavy atom. The van der Waals surface area contributed by atoms with E-state index in [0.717, 1.165) is 37.1 Å². The minimum atomic E-state index is 0.373. The number of nitrogens with one attached hydrogen (secondary N) is 1. The van der Waals surface area contributed by atoms with E-state index in [1.165, 1.54) is 18.5 Å². The van der Waals surface area contributed by atoms with E-state index in [2.05, 4.69) is 49.8 Å². The van der Waals surface area contributed by atoms with Crippen LogP contribution in [0.4, 0.5) is 5.69 Å². The van der Waals surface area contributed by atoms with Crippen molar-refractivity contribution >= 4 is 5.69 Å². The highest BCUT2D eigenvalue weighted by Gasteiger charge is 2.25. The molecule has 2 unspecified atom stereocenters. The van der Waals surface area contributed by atoms with E-state index in [1.54, 1.807) is 0 Å². The molecule has 1 fully saturated rings. The third-order valence-corrected chi connectivity index (χ3v) is 4.37. The van der Waals surface area contributed by atoms with Crippen LogP contribution < -0.4 is 10.2 Å². The molecular formula is C17H30N4. The predicted octanol–water partition coefficient (Wildman–Crippen LogP) is 3.33. The lowest BCUT2D eigenvalue weighted by Gasteiger charge is -2.39. The van der Waals surface area contributed by atoms with Gasteiger partial charge < -0.3 is 10.2 Å². The van der Waals surface area contributed by atoms with Crippen molar-refractivity contribution in [3.63, 3.8) is 0 Å². The number of nitrogens with zero attached hydrogens (tertiary/aromatic N) is 3. The van der Waals surface area contributed by atoms with Crippen LogP contribution in [0.5, 0.6) is 0 Å². The minimum absolute atomic E-state index is 0.373. The van der Waals surface area contributed by atoms with E-state index < -0.39 is 0 Å². The van der Waals surface area contributed by atoms with Crippen molar-refractivity contribution < 1.29 is 0 Å². The van der Waals surface area contributed by atoms with Gasteiger partial charge in [-0.2, -0.15) is 0 Å². The molecule has 0 amide bonds. The van der Waals surface area contributed by atoms with E-state index in [4.69, 9.17) is 4.98 Å². The zero-order chi connectivity index (χ0) is 15.4. The molecule has 118 valence electrons. The highest BCUT2D eigenvalue weighted by Crippen LogP contribution is 2.29. The molecule has 1 aromatic heterocycles. The molecule has 21 heavy (non-hydrogen) atoms. The van der Waals surface area contributed by atoms with Crippen LogP contribution in [0.3, 0.4) is 0 Å². The van der Waals surface area contributed by atoms with Crippen molar-refractivity contribution in [2.75, 3.05) is 18.0 Å². The van der Waals surface area contributed by atoms with Crippen LogP contribution in [0, 0.1) is 5.92 Å². The van der Waals surface area contributed by atoms with Gasteiger partial charge in [0, 0.05) is 25.0 Å². The highest BCUT2D eigenvalue weighted by atomic mass is 15.2. The quantitative estimate of drug-likeness (QED) is 0.903. The second kappa shape index (κ2) is 7.21. The molecule has 0 saturated carbocycles. The van der Waals surface area contributed by atoms with Crippen molar-refractivity contribution in [1.29, 1.82) is 0 Å². The summed E-state index contributed by atoms with van der Waals surface area (Å²) >= 11 is 0. The first-order valence-electron chi connectivity index (χ1n) is 8.36. The Morgan fingerprint density at radius 3 is 2.76 bits per heavy atom. The average Bonchev–Trinajstić information content (AvgIpc) is 2.45. The molecule has 4 nitrogen and oxygen atoms in total. The maximum Gasteiger partial charge on any atom is 0.131 e. The summed E-state index contributed by atoms with van der Waals surface area (Å²) in [6.07, 6.45) is 4.56. The van der Waals surface area contributed by atoms with Gasteiger partial charge in [-0.15, -0.1) is 0 Å². The first-order valence-corrected chi connectivity index (χ1v) is 8.36. The van der Waals surface area contributed by atoms with Gasteiger partial charge in [-0.05, 0) is 32.2 Å². The van der Waals surface area contributed by atoms with Gasteiger partial charge in [-0.25, -0.2) is 9.97 Å². The van der Waals surface area contributed by atoms with Gasteiger partial charge in [0.25, 0.3) is 0 Å². The molecule has 1 aliphatic heterocycles. The Balaban J connectivity index is 2.28. The SMILES string of the molecule is CCNCc1nc(C(C)C)ncc1N1CCC(C)CC1C. The third-order valence-electron chi connectivity index (χ3n) is 4.37. The molecule has 1 aromatic rings. The van der Waals surface area contributed by atoms with Crippen LogP contribution in [-0.2, 0) is 6.54 Å². The molecular weight excluding hydrogens is 260 g/mol. The summed E-state index contributed by atoms with van der Waals surface area (Å²) in [5.74, 6) is 2.15. The summed E-state index contributed by atoms with van der Waals surface area (Å²) in [6, 6.07) is 0.572. The van der Waals surface area contributed by atoms with Crippen LogP contribution in [0.1, 0.15) is 64.9 Å². The van der Waals surface area contributed by atoms with E-state index in [9.17, 15) is 0 Å². The first-order chi connectivity index (χ1) is 10.0. The average molecular weight is 290 g/mol. The van der Waals surface area contributed by atoms with Crippen molar-refractivity contribution in [2.45, 2.75) is 66.0 Å². The molecule has 0 aliphatic carbocycles. The second-order valence-corrected chi connectivity index (χ2v) is 6.67. The molecule has 2 rings (SSSR count). The lowest BCUT2D eigenvalue weighted by molar-refractivity contribution is 0.376. The smallest absolute Gasteiger partial charge is 0.131 e. The van der Waals surface area contributed by atoms with Gasteiger partial charge in [-0.3, -0.25) is 0 Å². The van der Waals surface area contributed by atoms with Gasteiger partial charge in [0.2, 0.25) is 0 Å². The third kappa shape index (κ3) is 3.94. The number of aromatic nitrogens is 2. The molecule has 1 N–H and O–H groups in total. The fourth-order valence-corrected chi connectivity index (χ4v) is 3.08. The summed E-state index contributed by atoms with van der Waals surface area (Å²) in [4.78, 5) is 11.9. The molecule has 0 spiro atoms. The summed E-state index contributed by atoms with van der Waals surface area (Å²) < 4.78 is 0. The molecule has 1 aliphatic rings. The van der Waals surface area contributed by atoms with Crippen molar-refractivity contribution in [1.82, 2.24) is 15.3 Å². The maximum absolute atomic E-state index is 4.82. The lowest BCUT2D eigenvalue weighted by Crippen LogP contribution is -2.41. The van der Waals surface area contributed by atoms with Crippen molar-refractivity contribution in [3.8, 4) is 0 Å². The largest absolute Gasteiger partial charge is 0.366 e. The van der Waals surface area contributed by atoms with E-state index in [1.807, 2.05) is 6.20 Å². The number of hydrogen-bond donors (Lipinski definition) is 1. The van der Waals surface area contributed by atoms with Crippen molar-refractivity contribution in [2.24, 2.45) is 5.92 Å². The fraction of sp³-hybridized carbons (Fsp3) is 0.765. The van der Waals surface area contributed by atoms with Crippen molar-refractivity contribution in [3.05, 3.63) is 17.7 Å². The number of hydrogen-bond acceptors (Lipinski definition) is 4. The van der Waals surface area contributed by atoms with E-state index >= 15 is 0 Å². The zero-order valence-corrected chi connectivity index (χ0v) is 14.2. The Bertz CT molecular complexity index is 458. The summed E-state index contributed by atoms with van der Waals surface area (Å²) in [5, 5.41) is 3.42.